The van der Waals surface area contributed by atoms with Crippen LogP contribution in [0.15, 0.2) is 77.4 Å². The summed E-state index contributed by atoms with van der Waals surface area (Å²) in [4.78, 5) is 25.6. The van der Waals surface area contributed by atoms with Gasteiger partial charge in [0.05, 0.1) is 23.3 Å². The number of ether oxygens (including phenoxy) is 1. The molecule has 0 atom stereocenters. The molecule has 2 heterocycles. The standard InChI is InChI=1S/C25H22N2O4S/c1-16-13-22(27-24(28)21-9-6-12-31-21)32-23(16)25(29)26-19-10-11-20(30-2)18(15-19)14-17-7-4-3-5-8-17/h3-13,15H,14H2,1-2H3,(H,26,29)(H,27,28). The van der Waals surface area contributed by atoms with Crippen LogP contribution in [0.1, 0.15) is 36.9 Å². The number of amides is 2. The Labute approximate surface area is 189 Å². The molecule has 2 amide bonds. The first kappa shape index (κ1) is 21.4. The number of benzene rings is 2. The Morgan fingerprint density at radius 1 is 0.969 bits per heavy atom. The summed E-state index contributed by atoms with van der Waals surface area (Å²) in [6.45, 7) is 1.84. The van der Waals surface area contributed by atoms with Gasteiger partial charge < -0.3 is 19.8 Å². The third-order valence-electron chi connectivity index (χ3n) is 4.88. The molecule has 0 spiro atoms. The van der Waals surface area contributed by atoms with Crippen molar-refractivity contribution in [1.29, 1.82) is 0 Å². The number of methoxy groups -OCH3 is 1. The molecule has 7 heteroatoms. The molecule has 0 aliphatic carbocycles. The number of carbonyl (C=O) groups excluding carboxylic acids is 2. The summed E-state index contributed by atoms with van der Waals surface area (Å²) >= 11 is 1.22. The number of furan rings is 1. The molecule has 6 nitrogen and oxygen atoms in total. The molecule has 162 valence electrons. The van der Waals surface area contributed by atoms with Crippen LogP contribution in [0.5, 0.6) is 5.75 Å². The fraction of sp³-hybridized carbons (Fsp3) is 0.120. The van der Waals surface area contributed by atoms with E-state index in [1.54, 1.807) is 25.3 Å². The van der Waals surface area contributed by atoms with E-state index in [4.69, 9.17) is 9.15 Å². The molecule has 0 radical (unpaired) electrons. The highest BCUT2D eigenvalue weighted by molar-refractivity contribution is 7.18. The van der Waals surface area contributed by atoms with Crippen molar-refractivity contribution in [2.75, 3.05) is 17.7 Å². The van der Waals surface area contributed by atoms with Gasteiger partial charge in [0, 0.05) is 17.7 Å². The van der Waals surface area contributed by atoms with Crippen molar-refractivity contribution in [2.45, 2.75) is 13.3 Å². The molecule has 0 unspecified atom stereocenters. The highest BCUT2D eigenvalue weighted by atomic mass is 32.1. The largest absolute Gasteiger partial charge is 0.496 e. The Bertz CT molecular complexity index is 1230. The number of hydrogen-bond donors (Lipinski definition) is 2. The van der Waals surface area contributed by atoms with Gasteiger partial charge in [-0.2, -0.15) is 0 Å². The van der Waals surface area contributed by atoms with Crippen LogP contribution < -0.4 is 15.4 Å². The predicted molar refractivity (Wildman–Crippen MR) is 126 cm³/mol. The maximum atomic E-state index is 12.9. The normalized spacial score (nSPS) is 10.6. The summed E-state index contributed by atoms with van der Waals surface area (Å²) in [5, 5.41) is 6.30. The van der Waals surface area contributed by atoms with Crippen LogP contribution in [-0.4, -0.2) is 18.9 Å². The van der Waals surface area contributed by atoms with Crippen LogP contribution in [0, 0.1) is 6.92 Å². The molecule has 2 aromatic carbocycles. The Morgan fingerprint density at radius 3 is 2.50 bits per heavy atom. The van der Waals surface area contributed by atoms with Gasteiger partial charge in [0.15, 0.2) is 5.76 Å². The zero-order valence-electron chi connectivity index (χ0n) is 17.7. The lowest BCUT2D eigenvalue weighted by molar-refractivity contribution is 0.0995. The molecule has 0 fully saturated rings. The summed E-state index contributed by atoms with van der Waals surface area (Å²) in [5.74, 6) is 0.388. The van der Waals surface area contributed by atoms with Gasteiger partial charge in [0.1, 0.15) is 5.75 Å². The molecular formula is C25H22N2O4S. The lowest BCUT2D eigenvalue weighted by Gasteiger charge is -2.12. The average molecular weight is 447 g/mol. The van der Waals surface area contributed by atoms with Crippen molar-refractivity contribution < 1.29 is 18.7 Å². The lowest BCUT2D eigenvalue weighted by Crippen LogP contribution is -2.12. The zero-order chi connectivity index (χ0) is 22.5. The minimum atomic E-state index is -0.357. The van der Waals surface area contributed by atoms with E-state index >= 15 is 0 Å². The van der Waals surface area contributed by atoms with E-state index in [9.17, 15) is 9.59 Å². The summed E-state index contributed by atoms with van der Waals surface area (Å²) in [7, 11) is 1.63. The SMILES string of the molecule is COc1ccc(NC(=O)c2sc(NC(=O)c3ccco3)cc2C)cc1Cc1ccccc1. The molecular weight excluding hydrogens is 424 g/mol. The maximum absolute atomic E-state index is 12.9. The summed E-state index contributed by atoms with van der Waals surface area (Å²) in [6.07, 6.45) is 2.13. The molecule has 0 aliphatic heterocycles. The average Bonchev–Trinajstić information content (AvgIpc) is 3.45. The second-order valence-corrected chi connectivity index (χ2v) is 8.25. The van der Waals surface area contributed by atoms with Crippen molar-refractivity contribution in [3.63, 3.8) is 0 Å². The Hall–Kier alpha value is -3.84. The highest BCUT2D eigenvalue weighted by Gasteiger charge is 2.17. The first-order chi connectivity index (χ1) is 15.5. The van der Waals surface area contributed by atoms with E-state index in [-0.39, 0.29) is 17.6 Å². The predicted octanol–water partition coefficient (Wildman–Crippen LogP) is 5.75. The number of carbonyl (C=O) groups is 2. The molecule has 4 aromatic rings. The summed E-state index contributed by atoms with van der Waals surface area (Å²) in [6, 6.07) is 20.7. The molecule has 0 saturated carbocycles. The third kappa shape index (κ3) is 4.90. The van der Waals surface area contributed by atoms with Crippen LogP contribution >= 0.6 is 11.3 Å². The number of nitrogens with one attached hydrogen (secondary N) is 2. The molecule has 0 aliphatic rings. The second kappa shape index (κ2) is 9.53. The Morgan fingerprint density at radius 2 is 1.78 bits per heavy atom. The van der Waals surface area contributed by atoms with Crippen LogP contribution in [0.2, 0.25) is 0 Å². The summed E-state index contributed by atoms with van der Waals surface area (Å²) < 4.78 is 10.6. The van der Waals surface area contributed by atoms with Crippen LogP contribution in [0.4, 0.5) is 10.7 Å². The van der Waals surface area contributed by atoms with E-state index in [2.05, 4.69) is 22.8 Å². The topological polar surface area (TPSA) is 80.6 Å². The number of aryl methyl sites for hydroxylation is 1. The molecule has 4 rings (SSSR count). The number of rotatable bonds is 7. The van der Waals surface area contributed by atoms with E-state index in [1.807, 2.05) is 43.3 Å². The molecule has 0 bridgehead atoms. The van der Waals surface area contributed by atoms with Crippen LogP contribution in [0.3, 0.4) is 0 Å². The Kier molecular flexibility index (Phi) is 6.37. The van der Waals surface area contributed by atoms with E-state index in [1.165, 1.54) is 17.6 Å². The van der Waals surface area contributed by atoms with E-state index < -0.39 is 0 Å². The first-order valence-electron chi connectivity index (χ1n) is 10.0. The monoisotopic (exact) mass is 446 g/mol. The van der Waals surface area contributed by atoms with Gasteiger partial charge in [-0.15, -0.1) is 11.3 Å². The van der Waals surface area contributed by atoms with Crippen molar-refractivity contribution >= 4 is 33.8 Å². The van der Waals surface area contributed by atoms with Crippen molar-refractivity contribution in [3.8, 4) is 5.75 Å². The van der Waals surface area contributed by atoms with Gasteiger partial charge in [-0.25, -0.2) is 0 Å². The van der Waals surface area contributed by atoms with Crippen molar-refractivity contribution in [1.82, 2.24) is 0 Å². The lowest BCUT2D eigenvalue weighted by atomic mass is 10.0. The van der Waals surface area contributed by atoms with Crippen LogP contribution in [-0.2, 0) is 6.42 Å². The van der Waals surface area contributed by atoms with E-state index in [0.29, 0.717) is 22.0 Å². The van der Waals surface area contributed by atoms with Crippen molar-refractivity contribution in [2.24, 2.45) is 0 Å². The number of hydrogen-bond acceptors (Lipinski definition) is 5. The van der Waals surface area contributed by atoms with Crippen molar-refractivity contribution in [3.05, 3.63) is 100 Å². The minimum Gasteiger partial charge on any atom is -0.496 e. The molecule has 2 aromatic heterocycles. The highest BCUT2D eigenvalue weighted by Crippen LogP contribution is 2.29. The van der Waals surface area contributed by atoms with Gasteiger partial charge in [-0.05, 0) is 54.4 Å². The molecule has 0 saturated heterocycles. The minimum absolute atomic E-state index is 0.214. The van der Waals surface area contributed by atoms with Crippen LogP contribution in [0.25, 0.3) is 0 Å². The van der Waals surface area contributed by atoms with Gasteiger partial charge in [-0.1, -0.05) is 30.3 Å². The quantitative estimate of drug-likeness (QED) is 0.379. The molecule has 2 N–H and O–H groups in total. The summed E-state index contributed by atoms with van der Waals surface area (Å²) in [5.41, 5.74) is 3.59. The van der Waals surface area contributed by atoms with Gasteiger partial charge in [0.2, 0.25) is 0 Å². The van der Waals surface area contributed by atoms with Gasteiger partial charge >= 0.3 is 0 Å². The van der Waals surface area contributed by atoms with Gasteiger partial charge in [-0.3, -0.25) is 9.59 Å². The fourth-order valence-corrected chi connectivity index (χ4v) is 4.31. The third-order valence-corrected chi connectivity index (χ3v) is 6.03. The fourth-order valence-electron chi connectivity index (χ4n) is 3.35. The first-order valence-corrected chi connectivity index (χ1v) is 10.8. The second-order valence-electron chi connectivity index (χ2n) is 7.20. The number of thiophene rings is 1. The smallest absolute Gasteiger partial charge is 0.291 e. The van der Waals surface area contributed by atoms with Gasteiger partial charge in [0.25, 0.3) is 11.8 Å². The number of anilines is 2. The molecule has 32 heavy (non-hydrogen) atoms. The zero-order valence-corrected chi connectivity index (χ0v) is 18.5. The maximum Gasteiger partial charge on any atom is 0.291 e. The van der Waals surface area contributed by atoms with E-state index in [0.717, 1.165) is 22.4 Å². The Balaban J connectivity index is 1.49.